The molecule has 2 aliphatic rings. The lowest BCUT2D eigenvalue weighted by molar-refractivity contribution is 0.348. The largest absolute Gasteiger partial charge is 0.357 e. The van der Waals surface area contributed by atoms with Crippen molar-refractivity contribution < 1.29 is 0 Å². The highest BCUT2D eigenvalue weighted by molar-refractivity contribution is 5.93. The number of hydrogen-bond donors (Lipinski definition) is 0. The van der Waals surface area contributed by atoms with Crippen molar-refractivity contribution in [1.29, 1.82) is 0 Å². The van der Waals surface area contributed by atoms with Crippen LogP contribution in [-0.4, -0.2) is 55.2 Å². The van der Waals surface area contributed by atoms with Gasteiger partial charge in [0, 0.05) is 19.3 Å². The topological polar surface area (TPSA) is 31.2 Å². The molecule has 0 saturated carbocycles. The minimum atomic E-state index is 0.827. The van der Waals surface area contributed by atoms with Crippen LogP contribution in [0.4, 0.5) is 0 Å². The molecule has 0 amide bonds. The van der Waals surface area contributed by atoms with Gasteiger partial charge in [0.05, 0.1) is 6.67 Å². The van der Waals surface area contributed by atoms with E-state index >= 15 is 0 Å². The number of likely N-dealkylation sites (tertiary alicyclic amines) is 2. The summed E-state index contributed by atoms with van der Waals surface area (Å²) in [5.74, 6) is 1.07. The van der Waals surface area contributed by atoms with Crippen LogP contribution in [0.25, 0.3) is 0 Å². The smallest absolute Gasteiger partial charge is 0.126 e. The summed E-state index contributed by atoms with van der Waals surface area (Å²) in [4.78, 5) is 13.2. The van der Waals surface area contributed by atoms with E-state index < -0.39 is 0 Å². The standard InChI is InChI=1S/C13H22N4/c1-14-7-6-13(17-10-4-5-11-17)15-12-16-8-2-3-9-16/h6-7H,1-5,8-12H2/b7-6-,15-13+. The first kappa shape index (κ1) is 12.3. The van der Waals surface area contributed by atoms with E-state index in [4.69, 9.17) is 4.99 Å². The summed E-state index contributed by atoms with van der Waals surface area (Å²) < 4.78 is 0. The first-order chi connectivity index (χ1) is 8.40. The fourth-order valence-electron chi connectivity index (χ4n) is 2.42. The Labute approximate surface area is 104 Å². The molecule has 2 heterocycles. The predicted molar refractivity (Wildman–Crippen MR) is 72.6 cm³/mol. The molecule has 94 valence electrons. The highest BCUT2D eigenvalue weighted by Crippen LogP contribution is 2.11. The van der Waals surface area contributed by atoms with Gasteiger partial charge in [0.25, 0.3) is 0 Å². The van der Waals surface area contributed by atoms with Gasteiger partial charge in [-0.1, -0.05) is 0 Å². The lowest BCUT2D eigenvalue weighted by Crippen LogP contribution is -2.28. The quantitative estimate of drug-likeness (QED) is 0.548. The molecule has 0 spiro atoms. The van der Waals surface area contributed by atoms with Crippen LogP contribution in [0.5, 0.6) is 0 Å². The Hall–Kier alpha value is -1.16. The molecular formula is C13H22N4. The molecule has 2 saturated heterocycles. The van der Waals surface area contributed by atoms with E-state index in [1.165, 1.54) is 38.8 Å². The van der Waals surface area contributed by atoms with Crippen LogP contribution in [0, 0.1) is 0 Å². The van der Waals surface area contributed by atoms with Crippen LogP contribution in [0.1, 0.15) is 25.7 Å². The van der Waals surface area contributed by atoms with Crippen molar-refractivity contribution in [3.05, 3.63) is 12.3 Å². The van der Waals surface area contributed by atoms with Gasteiger partial charge in [0.15, 0.2) is 0 Å². The monoisotopic (exact) mass is 234 g/mol. The molecule has 2 rings (SSSR count). The molecule has 0 unspecified atom stereocenters. The summed E-state index contributed by atoms with van der Waals surface area (Å²) in [5.41, 5.74) is 0. The van der Waals surface area contributed by atoms with E-state index in [0.717, 1.165) is 25.6 Å². The third kappa shape index (κ3) is 3.66. The Balaban J connectivity index is 1.94. The summed E-state index contributed by atoms with van der Waals surface area (Å²) in [6.07, 6.45) is 8.91. The van der Waals surface area contributed by atoms with Crippen molar-refractivity contribution in [2.45, 2.75) is 25.7 Å². The van der Waals surface area contributed by atoms with Gasteiger partial charge in [-0.2, -0.15) is 0 Å². The molecule has 4 nitrogen and oxygen atoms in total. The summed E-state index contributed by atoms with van der Waals surface area (Å²) in [7, 11) is 0. The summed E-state index contributed by atoms with van der Waals surface area (Å²) in [6.45, 7) is 8.94. The second-order valence-corrected chi connectivity index (χ2v) is 4.68. The average molecular weight is 234 g/mol. The molecule has 2 fully saturated rings. The maximum absolute atomic E-state index is 4.72. The Morgan fingerprint density at radius 2 is 1.71 bits per heavy atom. The van der Waals surface area contributed by atoms with Crippen molar-refractivity contribution in [1.82, 2.24) is 9.80 Å². The van der Waals surface area contributed by atoms with Crippen LogP contribution in [0.15, 0.2) is 22.3 Å². The van der Waals surface area contributed by atoms with Crippen LogP contribution in [0.2, 0.25) is 0 Å². The van der Waals surface area contributed by atoms with Gasteiger partial charge in [0.2, 0.25) is 0 Å². The maximum atomic E-state index is 4.72. The van der Waals surface area contributed by atoms with Crippen molar-refractivity contribution in [3.63, 3.8) is 0 Å². The zero-order valence-corrected chi connectivity index (χ0v) is 10.5. The molecule has 2 aliphatic heterocycles. The van der Waals surface area contributed by atoms with E-state index in [1.807, 2.05) is 6.08 Å². The molecule has 17 heavy (non-hydrogen) atoms. The Bertz CT molecular complexity index is 297. The molecular weight excluding hydrogens is 212 g/mol. The van der Waals surface area contributed by atoms with Crippen molar-refractivity contribution in [2.24, 2.45) is 9.98 Å². The van der Waals surface area contributed by atoms with Gasteiger partial charge < -0.3 is 4.90 Å². The van der Waals surface area contributed by atoms with E-state index in [-0.39, 0.29) is 0 Å². The Morgan fingerprint density at radius 1 is 1.06 bits per heavy atom. The first-order valence-electron chi connectivity index (χ1n) is 6.54. The van der Waals surface area contributed by atoms with E-state index in [1.54, 1.807) is 6.20 Å². The minimum absolute atomic E-state index is 0.827. The van der Waals surface area contributed by atoms with Gasteiger partial charge >= 0.3 is 0 Å². The van der Waals surface area contributed by atoms with Crippen LogP contribution >= 0.6 is 0 Å². The van der Waals surface area contributed by atoms with Crippen LogP contribution in [-0.2, 0) is 0 Å². The van der Waals surface area contributed by atoms with Gasteiger partial charge in [-0.3, -0.25) is 14.9 Å². The molecule has 0 atom stereocenters. The minimum Gasteiger partial charge on any atom is -0.357 e. The fourth-order valence-corrected chi connectivity index (χ4v) is 2.42. The second-order valence-electron chi connectivity index (χ2n) is 4.68. The summed E-state index contributed by atoms with van der Waals surface area (Å²) in [5, 5.41) is 0. The number of aliphatic imine (C=N–C) groups is 2. The number of amidine groups is 1. The zero-order valence-electron chi connectivity index (χ0n) is 10.5. The lowest BCUT2D eigenvalue weighted by Gasteiger charge is -2.19. The summed E-state index contributed by atoms with van der Waals surface area (Å²) >= 11 is 0. The molecule has 0 aromatic rings. The third-order valence-electron chi connectivity index (χ3n) is 3.39. The molecule has 0 aromatic carbocycles. The normalized spacial score (nSPS) is 22.8. The molecule has 0 aromatic heterocycles. The van der Waals surface area contributed by atoms with E-state index in [0.29, 0.717) is 0 Å². The zero-order chi connectivity index (χ0) is 11.9. The highest BCUT2D eigenvalue weighted by Gasteiger charge is 2.15. The third-order valence-corrected chi connectivity index (χ3v) is 3.39. The van der Waals surface area contributed by atoms with Gasteiger partial charge in [0.1, 0.15) is 5.84 Å². The van der Waals surface area contributed by atoms with Crippen molar-refractivity contribution in [2.75, 3.05) is 32.8 Å². The summed E-state index contributed by atoms with van der Waals surface area (Å²) in [6, 6.07) is 0. The van der Waals surface area contributed by atoms with Crippen LogP contribution < -0.4 is 0 Å². The number of nitrogens with zero attached hydrogens (tertiary/aromatic N) is 4. The first-order valence-corrected chi connectivity index (χ1v) is 6.54. The number of rotatable bonds is 4. The highest BCUT2D eigenvalue weighted by atomic mass is 15.3. The average Bonchev–Trinajstić information content (AvgIpc) is 3.01. The molecule has 0 bridgehead atoms. The van der Waals surface area contributed by atoms with E-state index in [9.17, 15) is 0 Å². The Morgan fingerprint density at radius 3 is 2.35 bits per heavy atom. The predicted octanol–water partition coefficient (Wildman–Crippen LogP) is 1.75. The molecule has 4 heteroatoms. The lowest BCUT2D eigenvalue weighted by atomic mass is 10.4. The van der Waals surface area contributed by atoms with Crippen molar-refractivity contribution in [3.8, 4) is 0 Å². The number of hydrogen-bond acceptors (Lipinski definition) is 3. The SMILES string of the molecule is C=N/C=C\C(=N/CN1CCCC1)N1CCCC1. The fraction of sp³-hybridized carbons (Fsp3) is 0.692. The van der Waals surface area contributed by atoms with Crippen LogP contribution in [0.3, 0.4) is 0 Å². The molecule has 0 radical (unpaired) electrons. The second kappa shape index (κ2) is 6.55. The molecule has 0 aliphatic carbocycles. The maximum Gasteiger partial charge on any atom is 0.126 e. The Kier molecular flexibility index (Phi) is 4.74. The van der Waals surface area contributed by atoms with Gasteiger partial charge in [-0.25, -0.2) is 0 Å². The molecule has 0 N–H and O–H groups in total. The van der Waals surface area contributed by atoms with E-state index in [2.05, 4.69) is 21.5 Å². The van der Waals surface area contributed by atoms with Gasteiger partial charge in [-0.15, -0.1) is 0 Å². The van der Waals surface area contributed by atoms with Gasteiger partial charge in [-0.05, 0) is 51.6 Å². The van der Waals surface area contributed by atoms with Crippen molar-refractivity contribution >= 4 is 12.6 Å².